The van der Waals surface area contributed by atoms with Crippen LogP contribution in [0.15, 0.2) is 23.2 Å². The summed E-state index contributed by atoms with van der Waals surface area (Å²) in [6, 6.07) is 5.10. The predicted octanol–water partition coefficient (Wildman–Crippen LogP) is 0.544. The third-order valence-electron chi connectivity index (χ3n) is 3.01. The Morgan fingerprint density at radius 3 is 2.55 bits per heavy atom. The van der Waals surface area contributed by atoms with E-state index in [9.17, 15) is 9.59 Å². The lowest BCUT2D eigenvalue weighted by Crippen LogP contribution is -2.40. The number of aliphatic imine (C=N–C) groups is 1. The zero-order valence-corrected chi connectivity index (χ0v) is 13.1. The molecule has 7 nitrogen and oxygen atoms in total. The molecular formula is C15H23N5O2. The van der Waals surface area contributed by atoms with Crippen LogP contribution in [-0.4, -0.2) is 30.4 Å². The van der Waals surface area contributed by atoms with Gasteiger partial charge < -0.3 is 22.1 Å². The Hall–Kier alpha value is -2.57. The molecule has 1 rings (SSSR count). The van der Waals surface area contributed by atoms with Gasteiger partial charge in [-0.25, -0.2) is 4.99 Å². The van der Waals surface area contributed by atoms with Gasteiger partial charge in [0.05, 0.1) is 12.2 Å². The third kappa shape index (κ3) is 5.82. The van der Waals surface area contributed by atoms with Crippen molar-refractivity contribution in [2.45, 2.75) is 33.2 Å². The van der Waals surface area contributed by atoms with Crippen molar-refractivity contribution in [3.05, 3.63) is 29.3 Å². The maximum absolute atomic E-state index is 12.1. The number of nitrogens with two attached hydrogens (primary N) is 2. The molecule has 0 fully saturated rings. The zero-order chi connectivity index (χ0) is 16.7. The number of nitrogens with zero attached hydrogens (tertiary/aromatic N) is 1. The highest BCUT2D eigenvalue weighted by Crippen LogP contribution is 2.17. The number of carbonyl (C=O) groups excluding carboxylic acids is 2. The smallest absolute Gasteiger partial charge is 0.251 e. The number of nitrogens with one attached hydrogen (secondary N) is 2. The molecule has 0 saturated carbocycles. The molecule has 0 radical (unpaired) electrons. The highest BCUT2D eigenvalue weighted by molar-refractivity contribution is 5.97. The minimum absolute atomic E-state index is 0.0747. The summed E-state index contributed by atoms with van der Waals surface area (Å²) in [7, 11) is 0. The molecule has 22 heavy (non-hydrogen) atoms. The van der Waals surface area contributed by atoms with E-state index < -0.39 is 0 Å². The largest absolute Gasteiger partial charge is 0.370 e. The highest BCUT2D eigenvalue weighted by atomic mass is 16.2. The Morgan fingerprint density at radius 2 is 1.95 bits per heavy atom. The summed E-state index contributed by atoms with van der Waals surface area (Å²) in [6.07, 6.45) is 0.833. The zero-order valence-electron chi connectivity index (χ0n) is 13.1. The minimum Gasteiger partial charge on any atom is -0.370 e. The van der Waals surface area contributed by atoms with Crippen LogP contribution in [0.3, 0.4) is 0 Å². The van der Waals surface area contributed by atoms with Gasteiger partial charge in [-0.1, -0.05) is 6.92 Å². The molecule has 2 amide bonds. The molecule has 6 N–H and O–H groups in total. The van der Waals surface area contributed by atoms with E-state index in [1.54, 1.807) is 18.2 Å². The van der Waals surface area contributed by atoms with Gasteiger partial charge in [0.25, 0.3) is 5.91 Å². The first-order valence-corrected chi connectivity index (χ1v) is 7.10. The van der Waals surface area contributed by atoms with Crippen molar-refractivity contribution in [2.24, 2.45) is 16.5 Å². The van der Waals surface area contributed by atoms with Gasteiger partial charge >= 0.3 is 0 Å². The van der Waals surface area contributed by atoms with Crippen molar-refractivity contribution >= 4 is 23.5 Å². The van der Waals surface area contributed by atoms with Crippen LogP contribution in [0.2, 0.25) is 0 Å². The summed E-state index contributed by atoms with van der Waals surface area (Å²) >= 11 is 0. The molecule has 7 heteroatoms. The van der Waals surface area contributed by atoms with E-state index in [-0.39, 0.29) is 30.4 Å². The van der Waals surface area contributed by atoms with Gasteiger partial charge in [-0.15, -0.1) is 0 Å². The van der Waals surface area contributed by atoms with Crippen LogP contribution < -0.4 is 22.1 Å². The van der Waals surface area contributed by atoms with Crippen LogP contribution in [-0.2, 0) is 4.79 Å². The number of hydrogen-bond acceptors (Lipinski definition) is 3. The van der Waals surface area contributed by atoms with Crippen molar-refractivity contribution in [1.82, 2.24) is 10.6 Å². The van der Waals surface area contributed by atoms with Crippen LogP contribution in [0.25, 0.3) is 0 Å². The molecular weight excluding hydrogens is 282 g/mol. The summed E-state index contributed by atoms with van der Waals surface area (Å²) in [5.74, 6) is -0.653. The normalized spacial score (nSPS) is 11.4. The first-order valence-electron chi connectivity index (χ1n) is 7.10. The predicted molar refractivity (Wildman–Crippen MR) is 86.9 cm³/mol. The van der Waals surface area contributed by atoms with Gasteiger partial charge in [0.1, 0.15) is 0 Å². The Bertz CT molecular complexity index is 579. The topological polar surface area (TPSA) is 123 Å². The number of amides is 2. The van der Waals surface area contributed by atoms with Gasteiger partial charge in [0, 0.05) is 11.6 Å². The van der Waals surface area contributed by atoms with E-state index in [4.69, 9.17) is 11.5 Å². The molecule has 0 aliphatic rings. The quantitative estimate of drug-likeness (QED) is 0.452. The first-order chi connectivity index (χ1) is 10.3. The Balaban J connectivity index is 2.71. The lowest BCUT2D eigenvalue weighted by Gasteiger charge is -2.12. The van der Waals surface area contributed by atoms with Crippen molar-refractivity contribution in [3.8, 4) is 0 Å². The second-order valence-electron chi connectivity index (χ2n) is 5.15. The minimum atomic E-state index is -0.352. The SMILES string of the molecule is CCC(C)NC(=O)CNC(=O)c1cc(C)cc(N=C(N)N)c1. The lowest BCUT2D eigenvalue weighted by molar-refractivity contribution is -0.120. The molecule has 0 aliphatic heterocycles. The number of hydrogen-bond donors (Lipinski definition) is 4. The van der Waals surface area contributed by atoms with Crippen molar-refractivity contribution < 1.29 is 9.59 Å². The van der Waals surface area contributed by atoms with Crippen LogP contribution in [0.1, 0.15) is 36.2 Å². The fraction of sp³-hybridized carbons (Fsp3) is 0.400. The average molecular weight is 305 g/mol. The maximum atomic E-state index is 12.1. The standard InChI is InChI=1S/C15H23N5O2/c1-4-10(3)19-13(21)8-18-14(22)11-5-9(2)6-12(7-11)20-15(16)17/h5-7,10H,4,8H2,1-3H3,(H,18,22)(H,19,21)(H4,16,17,20). The molecule has 1 atom stereocenters. The lowest BCUT2D eigenvalue weighted by atomic mass is 10.1. The van der Waals surface area contributed by atoms with E-state index in [0.29, 0.717) is 11.3 Å². The van der Waals surface area contributed by atoms with Gasteiger partial charge in [0.2, 0.25) is 5.91 Å². The fourth-order valence-electron chi connectivity index (χ4n) is 1.80. The Labute approximate surface area is 130 Å². The number of guanidine groups is 1. The molecule has 0 saturated heterocycles. The summed E-state index contributed by atoms with van der Waals surface area (Å²) in [5, 5.41) is 5.35. The van der Waals surface area contributed by atoms with E-state index in [2.05, 4.69) is 15.6 Å². The molecule has 0 spiro atoms. The second-order valence-corrected chi connectivity index (χ2v) is 5.15. The van der Waals surface area contributed by atoms with E-state index in [1.807, 2.05) is 20.8 Å². The van der Waals surface area contributed by atoms with Gasteiger partial charge in [-0.3, -0.25) is 9.59 Å². The molecule has 1 aromatic carbocycles. The number of rotatable bonds is 6. The van der Waals surface area contributed by atoms with Crippen LogP contribution >= 0.6 is 0 Å². The number of aryl methyl sites for hydroxylation is 1. The molecule has 0 bridgehead atoms. The molecule has 1 unspecified atom stereocenters. The van der Waals surface area contributed by atoms with Crippen LogP contribution in [0, 0.1) is 6.92 Å². The van der Waals surface area contributed by atoms with Gasteiger partial charge in [0.15, 0.2) is 5.96 Å². The summed E-state index contributed by atoms with van der Waals surface area (Å²) < 4.78 is 0. The first kappa shape index (κ1) is 17.5. The summed E-state index contributed by atoms with van der Waals surface area (Å²) in [4.78, 5) is 27.7. The molecule has 120 valence electrons. The van der Waals surface area contributed by atoms with Crippen molar-refractivity contribution in [1.29, 1.82) is 0 Å². The summed E-state index contributed by atoms with van der Waals surface area (Å²) in [5.41, 5.74) is 12.4. The monoisotopic (exact) mass is 305 g/mol. The molecule has 0 aromatic heterocycles. The molecule has 0 heterocycles. The average Bonchev–Trinajstić information content (AvgIpc) is 2.43. The number of benzene rings is 1. The van der Waals surface area contributed by atoms with E-state index >= 15 is 0 Å². The molecule has 0 aliphatic carbocycles. The Morgan fingerprint density at radius 1 is 1.27 bits per heavy atom. The number of carbonyl (C=O) groups is 2. The fourth-order valence-corrected chi connectivity index (χ4v) is 1.80. The van der Waals surface area contributed by atoms with Gasteiger partial charge in [-0.2, -0.15) is 0 Å². The highest BCUT2D eigenvalue weighted by Gasteiger charge is 2.11. The maximum Gasteiger partial charge on any atom is 0.251 e. The Kier molecular flexibility index (Phi) is 6.37. The third-order valence-corrected chi connectivity index (χ3v) is 3.01. The van der Waals surface area contributed by atoms with E-state index in [1.165, 1.54) is 0 Å². The van der Waals surface area contributed by atoms with Crippen molar-refractivity contribution in [3.63, 3.8) is 0 Å². The van der Waals surface area contributed by atoms with Gasteiger partial charge in [-0.05, 0) is 44.0 Å². The van der Waals surface area contributed by atoms with Crippen LogP contribution in [0.5, 0.6) is 0 Å². The molecule has 1 aromatic rings. The van der Waals surface area contributed by atoms with Crippen LogP contribution in [0.4, 0.5) is 5.69 Å². The van der Waals surface area contributed by atoms with E-state index in [0.717, 1.165) is 12.0 Å². The second kappa shape index (κ2) is 8.02. The van der Waals surface area contributed by atoms with Crippen molar-refractivity contribution in [2.75, 3.05) is 6.54 Å². The summed E-state index contributed by atoms with van der Waals surface area (Å²) in [6.45, 7) is 5.64.